The highest BCUT2D eigenvalue weighted by Crippen LogP contribution is 2.31. The summed E-state index contributed by atoms with van der Waals surface area (Å²) in [6.45, 7) is 1.04. The Morgan fingerprint density at radius 2 is 1.69 bits per heavy atom. The zero-order valence-electron chi connectivity index (χ0n) is 20.2. The van der Waals surface area contributed by atoms with Crippen LogP contribution < -0.4 is 4.74 Å². The first-order chi connectivity index (χ1) is 17.0. The summed E-state index contributed by atoms with van der Waals surface area (Å²) in [5.74, 6) is 0.0556. The lowest BCUT2D eigenvalue weighted by atomic mass is 9.86. The normalized spacial score (nSPS) is 20.5. The number of carboxylic acids is 1. The van der Waals surface area contributed by atoms with Gasteiger partial charge in [-0.2, -0.15) is 5.26 Å². The second-order valence-corrected chi connectivity index (χ2v) is 9.89. The van der Waals surface area contributed by atoms with E-state index in [0.29, 0.717) is 25.1 Å². The summed E-state index contributed by atoms with van der Waals surface area (Å²) < 4.78 is 6.06. The molecule has 1 aliphatic heterocycles. The predicted octanol–water partition coefficient (Wildman–Crippen LogP) is 5.66. The van der Waals surface area contributed by atoms with Crippen molar-refractivity contribution in [1.82, 2.24) is 4.90 Å². The van der Waals surface area contributed by atoms with Crippen LogP contribution >= 0.6 is 0 Å². The van der Waals surface area contributed by atoms with E-state index in [1.54, 1.807) is 12.1 Å². The van der Waals surface area contributed by atoms with Gasteiger partial charge in [0.05, 0.1) is 30.0 Å². The molecule has 0 unspecified atom stereocenters. The molecule has 184 valence electrons. The molecule has 1 saturated carbocycles. The molecule has 0 aromatic heterocycles. The summed E-state index contributed by atoms with van der Waals surface area (Å²) in [5, 5.41) is 18.2. The number of hydrogen-bond acceptors (Lipinski definition) is 4. The molecule has 1 heterocycles. The Kier molecular flexibility index (Phi) is 8.41. The molecule has 0 bridgehead atoms. The maximum absolute atomic E-state index is 13.0. The molecule has 2 aromatic rings. The minimum Gasteiger partial charge on any atom is -0.491 e. The zero-order chi connectivity index (χ0) is 24.6. The number of carboxylic acid groups (broad SMARTS) is 1. The summed E-state index contributed by atoms with van der Waals surface area (Å²) in [7, 11) is 0. The highest BCUT2D eigenvalue weighted by Gasteiger charge is 2.40. The number of carbonyl (C=O) groups is 2. The number of nitriles is 1. The highest BCUT2D eigenvalue weighted by molar-refractivity contribution is 5.85. The van der Waals surface area contributed by atoms with E-state index in [-0.39, 0.29) is 18.4 Å². The molecule has 2 atom stereocenters. The maximum Gasteiger partial charge on any atom is 0.304 e. The number of hydrogen-bond donors (Lipinski definition) is 1. The standard InChI is InChI=1S/C29H34N2O4/c30-19-22-8-10-23(11-9-22)24-12-14-27(15-13-24)35-20-26-17-25(18-28(32)33)29(34)31(26)16-4-7-21-5-2-1-3-6-21/h8-15,21,25-26H,1-7,16-18,20H2,(H,32,33)/t25-,26-/m0/s1. The summed E-state index contributed by atoms with van der Waals surface area (Å²) in [6, 6.07) is 17.2. The number of ether oxygens (including phenoxy) is 1. The molecule has 4 rings (SSSR count). The molecule has 1 amide bonds. The molecule has 2 fully saturated rings. The van der Waals surface area contributed by atoms with Gasteiger partial charge in [0.1, 0.15) is 12.4 Å². The van der Waals surface area contributed by atoms with Gasteiger partial charge in [-0.3, -0.25) is 9.59 Å². The van der Waals surface area contributed by atoms with E-state index in [1.807, 2.05) is 41.3 Å². The Hall–Kier alpha value is -3.33. The van der Waals surface area contributed by atoms with E-state index in [1.165, 1.54) is 32.1 Å². The SMILES string of the molecule is N#Cc1ccc(-c2ccc(OC[C@@H]3C[C@@H](CC(=O)O)C(=O)N3CCCC3CCCCC3)cc2)cc1. The Balaban J connectivity index is 1.35. The van der Waals surface area contributed by atoms with Crippen molar-refractivity contribution in [2.45, 2.75) is 63.8 Å². The van der Waals surface area contributed by atoms with Gasteiger partial charge in [0.15, 0.2) is 0 Å². The minimum atomic E-state index is -0.925. The first kappa shape index (κ1) is 24.8. The molecule has 1 N–H and O–H groups in total. The van der Waals surface area contributed by atoms with Crippen molar-refractivity contribution in [1.29, 1.82) is 5.26 Å². The molecular formula is C29H34N2O4. The van der Waals surface area contributed by atoms with Gasteiger partial charge in [0, 0.05) is 6.54 Å². The molecule has 1 saturated heterocycles. The number of likely N-dealkylation sites (tertiary alicyclic amines) is 1. The van der Waals surface area contributed by atoms with Crippen LogP contribution in [0.5, 0.6) is 5.75 Å². The number of benzene rings is 2. The van der Waals surface area contributed by atoms with Gasteiger partial charge in [-0.05, 0) is 60.6 Å². The van der Waals surface area contributed by atoms with E-state index in [9.17, 15) is 14.7 Å². The number of amides is 1. The average Bonchev–Trinajstić information content (AvgIpc) is 3.17. The first-order valence-electron chi connectivity index (χ1n) is 12.8. The molecule has 0 radical (unpaired) electrons. The summed E-state index contributed by atoms with van der Waals surface area (Å²) in [6.07, 6.45) is 9.06. The van der Waals surface area contributed by atoms with Crippen molar-refractivity contribution < 1.29 is 19.4 Å². The predicted molar refractivity (Wildman–Crippen MR) is 134 cm³/mol. The van der Waals surface area contributed by atoms with Crippen molar-refractivity contribution in [3.05, 3.63) is 54.1 Å². The quantitative estimate of drug-likeness (QED) is 0.480. The van der Waals surface area contributed by atoms with Gasteiger partial charge in [-0.1, -0.05) is 56.4 Å². The van der Waals surface area contributed by atoms with E-state index in [4.69, 9.17) is 10.00 Å². The first-order valence-corrected chi connectivity index (χ1v) is 12.8. The van der Waals surface area contributed by atoms with Gasteiger partial charge in [0.2, 0.25) is 5.91 Å². The van der Waals surface area contributed by atoms with Gasteiger partial charge in [-0.25, -0.2) is 0 Å². The zero-order valence-corrected chi connectivity index (χ0v) is 20.2. The molecule has 6 heteroatoms. The Bertz CT molecular complexity index is 1040. The topological polar surface area (TPSA) is 90.6 Å². The van der Waals surface area contributed by atoms with Crippen molar-refractivity contribution in [3.8, 4) is 22.9 Å². The molecular weight excluding hydrogens is 440 g/mol. The lowest BCUT2D eigenvalue weighted by Crippen LogP contribution is -2.38. The van der Waals surface area contributed by atoms with Gasteiger partial charge in [0.25, 0.3) is 0 Å². The molecule has 6 nitrogen and oxygen atoms in total. The Labute approximate surface area is 207 Å². The van der Waals surface area contributed by atoms with E-state index in [0.717, 1.165) is 35.6 Å². The van der Waals surface area contributed by atoms with Crippen LogP contribution in [-0.2, 0) is 9.59 Å². The molecule has 1 aliphatic carbocycles. The van der Waals surface area contributed by atoms with Crippen LogP contribution in [0.4, 0.5) is 0 Å². The van der Waals surface area contributed by atoms with Crippen LogP contribution in [0.2, 0.25) is 0 Å². The summed E-state index contributed by atoms with van der Waals surface area (Å²) >= 11 is 0. The number of nitrogens with zero attached hydrogens (tertiary/aromatic N) is 2. The molecule has 2 aliphatic rings. The smallest absolute Gasteiger partial charge is 0.304 e. The maximum atomic E-state index is 13.0. The van der Waals surface area contributed by atoms with Gasteiger partial charge in [-0.15, -0.1) is 0 Å². The van der Waals surface area contributed by atoms with Crippen LogP contribution in [0.15, 0.2) is 48.5 Å². The fraction of sp³-hybridized carbons (Fsp3) is 0.483. The van der Waals surface area contributed by atoms with Crippen LogP contribution in [0, 0.1) is 23.2 Å². The number of aliphatic carboxylic acids is 1. The lowest BCUT2D eigenvalue weighted by molar-refractivity contribution is -0.142. The van der Waals surface area contributed by atoms with E-state index >= 15 is 0 Å². The third-order valence-corrected chi connectivity index (χ3v) is 7.43. The molecule has 35 heavy (non-hydrogen) atoms. The number of rotatable bonds is 10. The highest BCUT2D eigenvalue weighted by atomic mass is 16.5. The van der Waals surface area contributed by atoms with Crippen molar-refractivity contribution in [3.63, 3.8) is 0 Å². The second kappa shape index (κ2) is 11.9. The van der Waals surface area contributed by atoms with Crippen LogP contribution in [0.3, 0.4) is 0 Å². The number of carbonyl (C=O) groups excluding carboxylic acids is 1. The van der Waals surface area contributed by atoms with Gasteiger partial charge >= 0.3 is 5.97 Å². The monoisotopic (exact) mass is 474 g/mol. The Morgan fingerprint density at radius 3 is 2.31 bits per heavy atom. The minimum absolute atomic E-state index is 0.0409. The van der Waals surface area contributed by atoms with Crippen LogP contribution in [-0.4, -0.2) is 41.1 Å². The van der Waals surface area contributed by atoms with Crippen molar-refractivity contribution >= 4 is 11.9 Å². The largest absolute Gasteiger partial charge is 0.491 e. The van der Waals surface area contributed by atoms with Crippen LogP contribution in [0.25, 0.3) is 11.1 Å². The fourth-order valence-corrected chi connectivity index (χ4v) is 5.50. The van der Waals surface area contributed by atoms with Gasteiger partial charge < -0.3 is 14.7 Å². The fourth-order valence-electron chi connectivity index (χ4n) is 5.50. The second-order valence-electron chi connectivity index (χ2n) is 9.89. The Morgan fingerprint density at radius 1 is 1.03 bits per heavy atom. The lowest BCUT2D eigenvalue weighted by Gasteiger charge is -2.27. The average molecular weight is 475 g/mol. The summed E-state index contributed by atoms with van der Waals surface area (Å²) in [4.78, 5) is 26.1. The van der Waals surface area contributed by atoms with Crippen molar-refractivity contribution in [2.24, 2.45) is 11.8 Å². The van der Waals surface area contributed by atoms with Crippen molar-refractivity contribution in [2.75, 3.05) is 13.2 Å². The van der Waals surface area contributed by atoms with Crippen LogP contribution in [0.1, 0.15) is 63.4 Å². The third-order valence-electron chi connectivity index (χ3n) is 7.43. The molecule has 2 aromatic carbocycles. The third kappa shape index (κ3) is 6.63. The molecule has 0 spiro atoms. The van der Waals surface area contributed by atoms with E-state index in [2.05, 4.69) is 6.07 Å². The van der Waals surface area contributed by atoms with E-state index < -0.39 is 11.9 Å². The summed E-state index contributed by atoms with van der Waals surface area (Å²) in [5.41, 5.74) is 2.69.